The maximum absolute atomic E-state index is 12.6. The monoisotopic (exact) mass is 274 g/mol. The Bertz CT molecular complexity index is 553. The number of carbonyl (C=O) groups excluding carboxylic acids is 1. The molecule has 0 amide bonds. The molecular formula is C15H18N2OS. The van der Waals surface area contributed by atoms with E-state index in [0.717, 1.165) is 18.4 Å². The van der Waals surface area contributed by atoms with Gasteiger partial charge in [0, 0.05) is 23.4 Å². The molecule has 2 bridgehead atoms. The average molecular weight is 274 g/mol. The number of nitrogens with zero attached hydrogens (tertiary/aromatic N) is 2. The molecule has 2 saturated carbocycles. The molecule has 3 nitrogen and oxygen atoms in total. The van der Waals surface area contributed by atoms with E-state index < -0.39 is 0 Å². The number of fused-ring (bicyclic) bond motifs is 2. The number of Topliss-reactive ketones (excluding diaryl/α,β-unsaturated/α-hetero) is 1. The van der Waals surface area contributed by atoms with E-state index in [2.05, 4.69) is 30.7 Å². The van der Waals surface area contributed by atoms with Crippen LogP contribution in [0.25, 0.3) is 0 Å². The number of aromatic nitrogens is 2. The highest BCUT2D eigenvalue weighted by Crippen LogP contribution is 2.65. The van der Waals surface area contributed by atoms with Gasteiger partial charge in [-0.3, -0.25) is 4.79 Å². The molecule has 19 heavy (non-hydrogen) atoms. The fourth-order valence-corrected chi connectivity index (χ4v) is 4.27. The van der Waals surface area contributed by atoms with Crippen molar-refractivity contribution in [3.8, 4) is 0 Å². The Balaban J connectivity index is 1.89. The van der Waals surface area contributed by atoms with Crippen molar-refractivity contribution in [1.29, 1.82) is 0 Å². The minimum atomic E-state index is -0.179. The molecule has 100 valence electrons. The molecule has 3 rings (SSSR count). The summed E-state index contributed by atoms with van der Waals surface area (Å²) in [7, 11) is 0. The van der Waals surface area contributed by atoms with E-state index in [0.29, 0.717) is 16.9 Å². The number of hydrogen-bond donors (Lipinski definition) is 0. The summed E-state index contributed by atoms with van der Waals surface area (Å²) in [5.41, 5.74) is 0.881. The maximum Gasteiger partial charge on any atom is 0.191 e. The van der Waals surface area contributed by atoms with E-state index in [4.69, 9.17) is 0 Å². The highest BCUT2D eigenvalue weighted by Gasteiger charge is 2.63. The summed E-state index contributed by atoms with van der Waals surface area (Å²) in [5.74, 6) is 0.721. The van der Waals surface area contributed by atoms with Gasteiger partial charge in [-0.15, -0.1) is 0 Å². The lowest BCUT2D eigenvalue weighted by Gasteiger charge is -2.31. The van der Waals surface area contributed by atoms with E-state index in [1.165, 1.54) is 11.8 Å². The Hall–Kier alpha value is -1.16. The molecule has 2 atom stereocenters. The molecular weight excluding hydrogens is 256 g/mol. The first-order chi connectivity index (χ1) is 8.97. The Labute approximate surface area is 117 Å². The van der Waals surface area contributed by atoms with E-state index in [9.17, 15) is 4.79 Å². The number of ketones is 1. The molecule has 2 aliphatic carbocycles. The molecule has 1 aromatic rings. The van der Waals surface area contributed by atoms with Crippen LogP contribution in [0.2, 0.25) is 0 Å². The molecule has 0 aromatic carbocycles. The minimum Gasteiger partial charge on any atom is -0.294 e. The molecule has 1 heterocycles. The summed E-state index contributed by atoms with van der Waals surface area (Å²) in [6.45, 7) is 6.58. The van der Waals surface area contributed by atoms with Crippen molar-refractivity contribution in [3.63, 3.8) is 0 Å². The van der Waals surface area contributed by atoms with Crippen LogP contribution in [-0.2, 0) is 4.79 Å². The highest BCUT2D eigenvalue weighted by molar-refractivity contribution is 8.02. The van der Waals surface area contributed by atoms with Crippen LogP contribution < -0.4 is 0 Å². The van der Waals surface area contributed by atoms with Gasteiger partial charge >= 0.3 is 0 Å². The van der Waals surface area contributed by atoms with Gasteiger partial charge in [-0.25, -0.2) is 9.97 Å². The number of allylic oxidation sites excluding steroid dienone is 1. The predicted octanol–water partition coefficient (Wildman–Crippen LogP) is 3.48. The van der Waals surface area contributed by atoms with Crippen molar-refractivity contribution in [2.24, 2.45) is 16.7 Å². The van der Waals surface area contributed by atoms with E-state index >= 15 is 0 Å². The van der Waals surface area contributed by atoms with Crippen molar-refractivity contribution in [2.45, 2.75) is 38.8 Å². The van der Waals surface area contributed by atoms with Gasteiger partial charge in [0.05, 0.1) is 0 Å². The molecule has 0 saturated heterocycles. The second-order valence-corrected chi connectivity index (χ2v) is 7.03. The first kappa shape index (κ1) is 12.9. The van der Waals surface area contributed by atoms with Gasteiger partial charge in [0.1, 0.15) is 0 Å². The molecule has 2 aliphatic rings. The third kappa shape index (κ3) is 1.69. The zero-order valence-corrected chi connectivity index (χ0v) is 12.3. The lowest BCUT2D eigenvalue weighted by Crippen LogP contribution is -2.32. The molecule has 0 spiro atoms. The van der Waals surface area contributed by atoms with Crippen LogP contribution in [0.5, 0.6) is 0 Å². The zero-order valence-electron chi connectivity index (χ0n) is 11.5. The maximum atomic E-state index is 12.6. The zero-order chi connectivity index (χ0) is 13.7. The first-order valence-electron chi connectivity index (χ1n) is 6.65. The normalized spacial score (nSPS) is 34.2. The van der Waals surface area contributed by atoms with Crippen LogP contribution in [0.15, 0.2) is 34.6 Å². The Kier molecular flexibility index (Phi) is 2.82. The van der Waals surface area contributed by atoms with E-state index in [1.807, 2.05) is 5.41 Å². The average Bonchev–Trinajstić information content (AvgIpc) is 2.70. The minimum absolute atomic E-state index is 0.0774. The number of rotatable bonds is 2. The summed E-state index contributed by atoms with van der Waals surface area (Å²) < 4.78 is 0. The molecule has 0 N–H and O–H groups in total. The fraction of sp³-hybridized carbons (Fsp3) is 0.533. The van der Waals surface area contributed by atoms with Crippen molar-refractivity contribution in [2.75, 3.05) is 0 Å². The van der Waals surface area contributed by atoms with Crippen molar-refractivity contribution >= 4 is 17.5 Å². The highest BCUT2D eigenvalue weighted by atomic mass is 32.2. The summed E-state index contributed by atoms with van der Waals surface area (Å²) in [4.78, 5) is 21.0. The van der Waals surface area contributed by atoms with Crippen molar-refractivity contribution in [3.05, 3.63) is 29.4 Å². The first-order valence-corrected chi connectivity index (χ1v) is 7.53. The van der Waals surface area contributed by atoms with E-state index in [1.54, 1.807) is 18.5 Å². The predicted molar refractivity (Wildman–Crippen MR) is 75.6 cm³/mol. The Morgan fingerprint density at radius 2 is 2.00 bits per heavy atom. The van der Waals surface area contributed by atoms with Crippen molar-refractivity contribution in [1.82, 2.24) is 9.97 Å². The van der Waals surface area contributed by atoms with Gasteiger partial charge in [0.25, 0.3) is 0 Å². The van der Waals surface area contributed by atoms with Crippen molar-refractivity contribution < 1.29 is 4.79 Å². The summed E-state index contributed by atoms with van der Waals surface area (Å²) in [6.07, 6.45) is 5.59. The number of hydrogen-bond acceptors (Lipinski definition) is 4. The topological polar surface area (TPSA) is 42.9 Å². The Morgan fingerprint density at radius 3 is 2.58 bits per heavy atom. The molecule has 0 unspecified atom stereocenters. The second-order valence-electron chi connectivity index (χ2n) is 6.20. The SMILES string of the molecule is CC1(C)[C@@H]2CC[C@]1(C)C(=O)/C2=C\Sc1ncccn1. The Morgan fingerprint density at radius 1 is 1.32 bits per heavy atom. The largest absolute Gasteiger partial charge is 0.294 e. The molecule has 1 aromatic heterocycles. The van der Waals surface area contributed by atoms with Gasteiger partial charge in [0.2, 0.25) is 0 Å². The van der Waals surface area contributed by atoms with E-state index in [-0.39, 0.29) is 10.8 Å². The summed E-state index contributed by atoms with van der Waals surface area (Å²) in [6, 6.07) is 1.80. The number of thioether (sulfide) groups is 1. The van der Waals surface area contributed by atoms with Gasteiger partial charge in [-0.2, -0.15) is 0 Å². The van der Waals surface area contributed by atoms with Gasteiger partial charge in [-0.1, -0.05) is 32.5 Å². The molecule has 0 aliphatic heterocycles. The molecule has 2 fully saturated rings. The van der Waals surface area contributed by atoms with Crippen LogP contribution in [0.1, 0.15) is 33.6 Å². The lowest BCUT2D eigenvalue weighted by atomic mass is 9.70. The van der Waals surface area contributed by atoms with Crippen LogP contribution in [-0.4, -0.2) is 15.8 Å². The van der Waals surface area contributed by atoms with Crippen LogP contribution in [0.3, 0.4) is 0 Å². The third-order valence-electron chi connectivity index (χ3n) is 5.20. The van der Waals surface area contributed by atoms with Crippen LogP contribution >= 0.6 is 11.8 Å². The van der Waals surface area contributed by atoms with Gasteiger partial charge < -0.3 is 0 Å². The molecule has 4 heteroatoms. The third-order valence-corrected chi connectivity index (χ3v) is 5.99. The van der Waals surface area contributed by atoms with Gasteiger partial charge in [0.15, 0.2) is 10.9 Å². The smallest absolute Gasteiger partial charge is 0.191 e. The quantitative estimate of drug-likeness (QED) is 0.470. The van der Waals surface area contributed by atoms with Gasteiger partial charge in [-0.05, 0) is 35.6 Å². The number of carbonyl (C=O) groups is 1. The summed E-state index contributed by atoms with van der Waals surface area (Å²) >= 11 is 1.46. The molecule has 0 radical (unpaired) electrons. The van der Waals surface area contributed by atoms with Crippen LogP contribution in [0, 0.1) is 16.7 Å². The lowest BCUT2D eigenvalue weighted by molar-refractivity contribution is -0.125. The standard InChI is InChI=1S/C15H18N2OS/c1-14(2)11-5-6-15(14,3)12(18)10(11)9-19-13-16-7-4-8-17-13/h4,7-9,11H,5-6H2,1-3H3/b10-9-/t11-,15-/m1/s1. The summed E-state index contributed by atoms with van der Waals surface area (Å²) in [5, 5.41) is 2.68. The van der Waals surface area contributed by atoms with Crippen LogP contribution in [0.4, 0.5) is 0 Å². The second kappa shape index (κ2) is 4.17. The fourth-order valence-electron chi connectivity index (χ4n) is 3.53.